The van der Waals surface area contributed by atoms with Gasteiger partial charge in [-0.3, -0.25) is 0 Å². The van der Waals surface area contributed by atoms with Gasteiger partial charge in [0.15, 0.2) is 0 Å². The Kier molecular flexibility index (Phi) is 6.14. The first kappa shape index (κ1) is 18.6. The van der Waals surface area contributed by atoms with Gasteiger partial charge in [-0.15, -0.1) is 0 Å². The highest BCUT2D eigenvalue weighted by atomic mass is 35.5. The molecule has 2 rings (SSSR count). The second kappa shape index (κ2) is 7.91. The van der Waals surface area contributed by atoms with E-state index in [9.17, 15) is 4.79 Å². The predicted molar refractivity (Wildman–Crippen MR) is 104 cm³/mol. The first-order valence-electron chi connectivity index (χ1n) is 7.96. The number of anilines is 2. The maximum absolute atomic E-state index is 12.5. The molecule has 3 nitrogen and oxygen atoms in total. The van der Waals surface area contributed by atoms with Crippen LogP contribution in [0.2, 0.25) is 10.0 Å². The largest absolute Gasteiger partial charge is 0.323 e. The molecule has 0 aliphatic rings. The zero-order valence-electron chi connectivity index (χ0n) is 14.3. The van der Waals surface area contributed by atoms with Crippen molar-refractivity contribution in [1.82, 2.24) is 0 Å². The summed E-state index contributed by atoms with van der Waals surface area (Å²) in [5, 5.41) is 6.53. The molecule has 5 heteroatoms. The Labute approximate surface area is 153 Å². The third-order valence-corrected chi connectivity index (χ3v) is 4.44. The molecule has 0 heterocycles. The molecule has 128 valence electrons. The number of urea groups is 1. The summed E-state index contributed by atoms with van der Waals surface area (Å²) in [6.07, 6.45) is 0. The summed E-state index contributed by atoms with van der Waals surface area (Å²) in [6.45, 7) is 8.42. The third kappa shape index (κ3) is 4.22. The number of carbonyl (C=O) groups excluding carboxylic acids is 1. The van der Waals surface area contributed by atoms with E-state index in [1.807, 2.05) is 18.2 Å². The van der Waals surface area contributed by atoms with Crippen molar-refractivity contribution >= 4 is 40.6 Å². The fourth-order valence-electron chi connectivity index (χ4n) is 2.57. The topological polar surface area (TPSA) is 41.1 Å². The Morgan fingerprint density at radius 2 is 1.21 bits per heavy atom. The number of hydrogen-bond donors (Lipinski definition) is 2. The van der Waals surface area contributed by atoms with Crippen LogP contribution in [0, 0.1) is 0 Å². The minimum absolute atomic E-state index is 0.294. The number of halogens is 2. The van der Waals surface area contributed by atoms with Crippen molar-refractivity contribution in [2.75, 3.05) is 10.6 Å². The molecule has 2 N–H and O–H groups in total. The summed E-state index contributed by atoms with van der Waals surface area (Å²) in [7, 11) is 0. The number of amides is 2. The van der Waals surface area contributed by atoms with Gasteiger partial charge in [-0.25, -0.2) is 4.79 Å². The molecular weight excluding hydrogens is 343 g/mol. The minimum Gasteiger partial charge on any atom is -0.307 e. The lowest BCUT2D eigenvalue weighted by Gasteiger charge is -2.20. The molecule has 0 unspecified atom stereocenters. The number of hydrogen-bond acceptors (Lipinski definition) is 1. The Balaban J connectivity index is 2.32. The fraction of sp³-hybridized carbons (Fsp3) is 0.316. The van der Waals surface area contributed by atoms with Crippen molar-refractivity contribution in [1.29, 1.82) is 0 Å². The number of benzene rings is 2. The third-order valence-electron chi connectivity index (χ3n) is 3.81. The van der Waals surface area contributed by atoms with Crippen molar-refractivity contribution < 1.29 is 4.79 Å². The highest BCUT2D eigenvalue weighted by Gasteiger charge is 2.17. The Morgan fingerprint density at radius 3 is 1.67 bits per heavy atom. The van der Waals surface area contributed by atoms with E-state index >= 15 is 0 Å². The molecule has 2 aromatic rings. The molecule has 2 aromatic carbocycles. The lowest BCUT2D eigenvalue weighted by Crippen LogP contribution is -2.22. The fourth-order valence-corrected chi connectivity index (χ4v) is 3.06. The molecule has 0 atom stereocenters. The Bertz CT molecular complexity index is 696. The van der Waals surface area contributed by atoms with Crippen molar-refractivity contribution in [2.45, 2.75) is 39.5 Å². The van der Waals surface area contributed by atoms with E-state index < -0.39 is 0 Å². The van der Waals surface area contributed by atoms with Crippen molar-refractivity contribution in [3.63, 3.8) is 0 Å². The van der Waals surface area contributed by atoms with Crippen molar-refractivity contribution in [2.24, 2.45) is 0 Å². The minimum atomic E-state index is -0.361. The average Bonchev–Trinajstić information content (AvgIpc) is 2.50. The van der Waals surface area contributed by atoms with E-state index in [0.717, 1.165) is 16.8 Å². The van der Waals surface area contributed by atoms with Crippen LogP contribution in [0.25, 0.3) is 0 Å². The second-order valence-electron chi connectivity index (χ2n) is 6.30. The summed E-state index contributed by atoms with van der Waals surface area (Å²) in [5.41, 5.74) is 3.46. The van der Waals surface area contributed by atoms with E-state index in [0.29, 0.717) is 27.6 Å². The SMILES string of the molecule is CC(C)c1cccc(C(C)C)c1NC(=O)Nc1c(Cl)cccc1Cl. The monoisotopic (exact) mass is 364 g/mol. The predicted octanol–water partition coefficient (Wildman–Crippen LogP) is 6.88. The molecule has 24 heavy (non-hydrogen) atoms. The Hall–Kier alpha value is -1.71. The van der Waals surface area contributed by atoms with Crippen LogP contribution in [0.15, 0.2) is 36.4 Å². The molecule has 0 saturated carbocycles. The molecule has 0 aliphatic carbocycles. The summed E-state index contributed by atoms with van der Waals surface area (Å²) in [6, 6.07) is 10.8. The molecule has 0 spiro atoms. The lowest BCUT2D eigenvalue weighted by molar-refractivity contribution is 0.262. The lowest BCUT2D eigenvalue weighted by atomic mass is 9.93. The number of para-hydroxylation sites is 2. The molecule has 0 bridgehead atoms. The zero-order chi connectivity index (χ0) is 17.9. The second-order valence-corrected chi connectivity index (χ2v) is 7.11. The normalized spacial score (nSPS) is 11.0. The van der Waals surface area contributed by atoms with Crippen LogP contribution in [0.1, 0.15) is 50.7 Å². The number of carbonyl (C=O) groups is 1. The molecule has 2 amide bonds. The van der Waals surface area contributed by atoms with E-state index in [1.54, 1.807) is 18.2 Å². The smallest absolute Gasteiger partial charge is 0.307 e. The first-order valence-corrected chi connectivity index (χ1v) is 8.71. The van der Waals surface area contributed by atoms with Crippen LogP contribution in [-0.4, -0.2) is 6.03 Å². The van der Waals surface area contributed by atoms with E-state index in [2.05, 4.69) is 38.3 Å². The van der Waals surface area contributed by atoms with Gasteiger partial charge in [-0.1, -0.05) is 75.2 Å². The number of rotatable bonds is 4. The first-order chi connectivity index (χ1) is 11.3. The van der Waals surface area contributed by atoms with Crippen LogP contribution < -0.4 is 10.6 Å². The van der Waals surface area contributed by atoms with Crippen LogP contribution in [0.3, 0.4) is 0 Å². The highest BCUT2D eigenvalue weighted by Crippen LogP contribution is 2.33. The van der Waals surface area contributed by atoms with E-state index in [4.69, 9.17) is 23.2 Å². The van der Waals surface area contributed by atoms with E-state index in [-0.39, 0.29) is 6.03 Å². The standard InChI is InChI=1S/C19H22Cl2N2O/c1-11(2)13-7-5-8-14(12(3)4)17(13)22-19(24)23-18-15(20)9-6-10-16(18)21/h5-12H,1-4H3,(H2,22,23,24). The summed E-state index contributed by atoms with van der Waals surface area (Å²) in [5.74, 6) is 0.589. The van der Waals surface area contributed by atoms with Gasteiger partial charge in [0.25, 0.3) is 0 Å². The van der Waals surface area contributed by atoms with Gasteiger partial charge in [-0.2, -0.15) is 0 Å². The van der Waals surface area contributed by atoms with E-state index in [1.165, 1.54) is 0 Å². The average molecular weight is 365 g/mol. The van der Waals surface area contributed by atoms with Crippen LogP contribution in [-0.2, 0) is 0 Å². The molecule has 0 aliphatic heterocycles. The zero-order valence-corrected chi connectivity index (χ0v) is 15.8. The molecule has 0 radical (unpaired) electrons. The summed E-state index contributed by atoms with van der Waals surface area (Å²) < 4.78 is 0. The van der Waals surface area contributed by atoms with Crippen LogP contribution in [0.4, 0.5) is 16.2 Å². The van der Waals surface area contributed by atoms with Gasteiger partial charge >= 0.3 is 6.03 Å². The maximum atomic E-state index is 12.5. The van der Waals surface area contributed by atoms with Gasteiger partial charge < -0.3 is 10.6 Å². The van der Waals surface area contributed by atoms with Gasteiger partial charge in [0.1, 0.15) is 0 Å². The van der Waals surface area contributed by atoms with Crippen molar-refractivity contribution in [3.8, 4) is 0 Å². The molecule has 0 fully saturated rings. The van der Waals surface area contributed by atoms with Crippen LogP contribution in [0.5, 0.6) is 0 Å². The number of nitrogens with one attached hydrogen (secondary N) is 2. The summed E-state index contributed by atoms with van der Waals surface area (Å²) in [4.78, 5) is 12.5. The van der Waals surface area contributed by atoms with Crippen LogP contribution >= 0.6 is 23.2 Å². The quantitative estimate of drug-likeness (QED) is 0.609. The molecular formula is C19H22Cl2N2O. The highest BCUT2D eigenvalue weighted by molar-refractivity contribution is 6.39. The van der Waals surface area contributed by atoms with Crippen molar-refractivity contribution in [3.05, 3.63) is 57.6 Å². The van der Waals surface area contributed by atoms with Gasteiger partial charge in [-0.05, 0) is 35.1 Å². The summed E-state index contributed by atoms with van der Waals surface area (Å²) >= 11 is 12.2. The molecule has 0 saturated heterocycles. The molecule has 0 aromatic heterocycles. The van der Waals surface area contributed by atoms with Gasteiger partial charge in [0.2, 0.25) is 0 Å². The van der Waals surface area contributed by atoms with Gasteiger partial charge in [0.05, 0.1) is 15.7 Å². The van der Waals surface area contributed by atoms with Gasteiger partial charge in [0, 0.05) is 5.69 Å². The Morgan fingerprint density at radius 1 is 0.792 bits per heavy atom. The maximum Gasteiger partial charge on any atom is 0.323 e.